The molecule has 0 radical (unpaired) electrons. The number of aliphatic hydroxyl groups excluding tert-OH is 2. The fourth-order valence-electron chi connectivity index (χ4n) is 6.00. The minimum absolute atomic E-state index is 0.198. The van der Waals surface area contributed by atoms with Gasteiger partial charge < -0.3 is 33.9 Å². The number of hydrogen-bond donors (Lipinski definition) is 2. The first kappa shape index (κ1) is 22.2. The molecule has 31 heavy (non-hydrogen) atoms. The Labute approximate surface area is 179 Å². The Kier molecular flexibility index (Phi) is 5.01. The molecule has 1 spiro atoms. The highest BCUT2D eigenvalue weighted by molar-refractivity contribution is 5.68. The van der Waals surface area contributed by atoms with Crippen molar-refractivity contribution in [3.63, 3.8) is 0 Å². The quantitative estimate of drug-likeness (QED) is 0.258. The first-order valence-electron chi connectivity index (χ1n) is 10.2. The molecule has 9 atom stereocenters. The van der Waals surface area contributed by atoms with Crippen molar-refractivity contribution in [2.75, 3.05) is 13.2 Å². The highest BCUT2D eigenvalue weighted by Gasteiger charge is 2.88. The predicted octanol–water partition coefficient (Wildman–Crippen LogP) is -0.363. The molecule has 1 saturated carbocycles. The fourth-order valence-corrected chi connectivity index (χ4v) is 6.00. The Hall–Kier alpha value is -2.01. The average molecular weight is 440 g/mol. The van der Waals surface area contributed by atoms with Crippen molar-refractivity contribution in [2.24, 2.45) is 10.8 Å². The summed E-state index contributed by atoms with van der Waals surface area (Å²) in [6.07, 6.45) is -4.74. The summed E-state index contributed by atoms with van der Waals surface area (Å²) in [4.78, 5) is 35.7. The Morgan fingerprint density at radius 1 is 1.13 bits per heavy atom. The van der Waals surface area contributed by atoms with Crippen LogP contribution in [-0.4, -0.2) is 83.6 Å². The summed E-state index contributed by atoms with van der Waals surface area (Å²) in [5.41, 5.74) is -3.25. The molecule has 0 amide bonds. The van der Waals surface area contributed by atoms with Gasteiger partial charge in [-0.15, -0.1) is 0 Å². The van der Waals surface area contributed by atoms with Gasteiger partial charge in [-0.2, -0.15) is 0 Å². The summed E-state index contributed by atoms with van der Waals surface area (Å²) in [5, 5.41) is 22.2. The molecule has 0 aromatic carbocycles. The van der Waals surface area contributed by atoms with E-state index >= 15 is 0 Å². The number of carbonyl (C=O) groups excluding carboxylic acids is 3. The van der Waals surface area contributed by atoms with Gasteiger partial charge in [-0.1, -0.05) is 13.0 Å². The maximum Gasteiger partial charge on any atom is 0.303 e. The molecule has 2 aliphatic heterocycles. The van der Waals surface area contributed by atoms with Crippen LogP contribution in [0, 0.1) is 10.8 Å². The minimum Gasteiger partial charge on any atom is -0.465 e. The summed E-state index contributed by atoms with van der Waals surface area (Å²) >= 11 is 0. The molecule has 172 valence electrons. The molecule has 3 fully saturated rings. The highest BCUT2D eigenvalue weighted by atomic mass is 16.7. The van der Waals surface area contributed by atoms with E-state index in [1.54, 1.807) is 19.9 Å². The lowest BCUT2D eigenvalue weighted by Crippen LogP contribution is -2.73. The van der Waals surface area contributed by atoms with E-state index in [0.717, 1.165) is 0 Å². The van der Waals surface area contributed by atoms with E-state index in [1.807, 2.05) is 0 Å². The molecule has 0 aromatic heterocycles. The summed E-state index contributed by atoms with van der Waals surface area (Å²) < 4.78 is 28.8. The van der Waals surface area contributed by atoms with Gasteiger partial charge in [0.1, 0.15) is 24.4 Å². The van der Waals surface area contributed by atoms with Gasteiger partial charge in [0.2, 0.25) is 0 Å². The number of rotatable bonds is 4. The second kappa shape index (κ2) is 6.99. The van der Waals surface area contributed by atoms with Crippen molar-refractivity contribution in [2.45, 2.75) is 76.8 Å². The maximum absolute atomic E-state index is 12.1. The van der Waals surface area contributed by atoms with Crippen molar-refractivity contribution in [1.82, 2.24) is 0 Å². The lowest BCUT2D eigenvalue weighted by Gasteiger charge is -2.60. The van der Waals surface area contributed by atoms with Crippen molar-refractivity contribution >= 4 is 17.9 Å². The van der Waals surface area contributed by atoms with E-state index < -0.39 is 71.0 Å². The second-order valence-electron chi connectivity index (χ2n) is 9.08. The van der Waals surface area contributed by atoms with Gasteiger partial charge in [0, 0.05) is 20.8 Å². The van der Waals surface area contributed by atoms with Crippen LogP contribution in [0.1, 0.15) is 34.6 Å². The SMILES string of the molecule is CC(=O)OC[C@]12[C@H](O)[C@H](O)C(C)=C[C@H]1O[C@@H]1[C@H](OC(C)=O)[C@@H](OC(C)=O)[C@@]2(C)[C@]12CO2. The molecule has 2 saturated heterocycles. The van der Waals surface area contributed by atoms with E-state index in [0.29, 0.717) is 5.57 Å². The van der Waals surface area contributed by atoms with Crippen molar-refractivity contribution in [3.8, 4) is 0 Å². The van der Waals surface area contributed by atoms with Crippen molar-refractivity contribution < 1.29 is 48.3 Å². The first-order chi connectivity index (χ1) is 14.4. The first-order valence-corrected chi connectivity index (χ1v) is 10.2. The molecular weight excluding hydrogens is 412 g/mol. The number of hydrogen-bond acceptors (Lipinski definition) is 10. The summed E-state index contributed by atoms with van der Waals surface area (Å²) in [6, 6.07) is 0. The number of epoxide rings is 1. The molecule has 2 N–H and O–H groups in total. The monoisotopic (exact) mass is 440 g/mol. The zero-order chi connectivity index (χ0) is 22.9. The van der Waals surface area contributed by atoms with Gasteiger partial charge in [0.15, 0.2) is 12.2 Å². The zero-order valence-corrected chi connectivity index (χ0v) is 18.1. The smallest absolute Gasteiger partial charge is 0.303 e. The van der Waals surface area contributed by atoms with Gasteiger partial charge in [0.25, 0.3) is 0 Å². The highest BCUT2D eigenvalue weighted by Crippen LogP contribution is 2.72. The third-order valence-corrected chi connectivity index (χ3v) is 7.54. The number of carbonyl (C=O) groups is 3. The van der Waals surface area contributed by atoms with Crippen LogP contribution in [0.15, 0.2) is 11.6 Å². The summed E-state index contributed by atoms with van der Waals surface area (Å²) in [5.74, 6) is -1.80. The number of esters is 3. The maximum atomic E-state index is 12.1. The molecule has 10 heteroatoms. The van der Waals surface area contributed by atoms with Crippen LogP contribution in [0.25, 0.3) is 0 Å². The van der Waals surface area contributed by atoms with Crippen molar-refractivity contribution in [1.29, 1.82) is 0 Å². The van der Waals surface area contributed by atoms with Crippen molar-refractivity contribution in [3.05, 3.63) is 11.6 Å². The standard InChI is InChI=1S/C21H28O10/c1-9-6-13-20(7-27-10(2)22,16(26)14(9)25)19(5)17(30-12(4)24)15(29-11(3)23)18(31-13)21(19)8-28-21/h6,13-18,25-26H,7-8H2,1-5H3/t13-,14-,15-,16-,17-,18-,19-,20-,21+/m1/s1. The van der Waals surface area contributed by atoms with E-state index in [2.05, 4.69) is 0 Å². The van der Waals surface area contributed by atoms with E-state index in [4.69, 9.17) is 23.7 Å². The lowest BCUT2D eigenvalue weighted by atomic mass is 9.49. The fraction of sp³-hybridized carbons (Fsp3) is 0.762. The molecule has 0 unspecified atom stereocenters. The topological polar surface area (TPSA) is 141 Å². The third-order valence-electron chi connectivity index (χ3n) is 7.54. The number of aliphatic hydroxyl groups is 2. The van der Waals surface area contributed by atoms with Crippen LogP contribution in [0.4, 0.5) is 0 Å². The molecule has 4 rings (SSSR count). The Balaban J connectivity index is 1.95. The zero-order valence-electron chi connectivity index (χ0n) is 18.1. The van der Waals surface area contributed by atoms with Gasteiger partial charge in [0.05, 0.1) is 29.6 Å². The molecule has 2 bridgehead atoms. The summed E-state index contributed by atoms with van der Waals surface area (Å²) in [6.45, 7) is 6.97. The van der Waals surface area contributed by atoms with Crippen LogP contribution in [0.3, 0.4) is 0 Å². The van der Waals surface area contributed by atoms with Gasteiger partial charge in [-0.05, 0) is 12.5 Å². The normalized spacial score (nSPS) is 47.3. The second-order valence-corrected chi connectivity index (χ2v) is 9.08. The molecule has 2 heterocycles. The predicted molar refractivity (Wildman–Crippen MR) is 101 cm³/mol. The molecule has 0 aromatic rings. The Bertz CT molecular complexity index is 847. The molecule has 2 aliphatic carbocycles. The van der Waals surface area contributed by atoms with Crippen LogP contribution in [-0.2, 0) is 38.1 Å². The number of fused-ring (bicyclic) bond motifs is 2. The summed E-state index contributed by atoms with van der Waals surface area (Å²) in [7, 11) is 0. The van der Waals surface area contributed by atoms with Gasteiger partial charge in [-0.25, -0.2) is 0 Å². The van der Waals surface area contributed by atoms with Crippen LogP contribution in [0.5, 0.6) is 0 Å². The van der Waals surface area contributed by atoms with Crippen LogP contribution in [0.2, 0.25) is 0 Å². The van der Waals surface area contributed by atoms with Crippen LogP contribution < -0.4 is 0 Å². The van der Waals surface area contributed by atoms with Gasteiger partial charge >= 0.3 is 17.9 Å². The van der Waals surface area contributed by atoms with E-state index in [-0.39, 0.29) is 13.2 Å². The largest absolute Gasteiger partial charge is 0.465 e. The third kappa shape index (κ3) is 2.75. The molecule has 10 nitrogen and oxygen atoms in total. The minimum atomic E-state index is -1.44. The molecule has 4 aliphatic rings. The van der Waals surface area contributed by atoms with Crippen LogP contribution >= 0.6 is 0 Å². The number of ether oxygens (including phenoxy) is 5. The van der Waals surface area contributed by atoms with Gasteiger partial charge in [-0.3, -0.25) is 14.4 Å². The molecular formula is C21H28O10. The lowest BCUT2D eigenvalue weighted by molar-refractivity contribution is -0.274. The van der Waals surface area contributed by atoms with E-state index in [1.165, 1.54) is 20.8 Å². The average Bonchev–Trinajstić information content (AvgIpc) is 3.45. The van der Waals surface area contributed by atoms with E-state index in [9.17, 15) is 24.6 Å². The Morgan fingerprint density at radius 2 is 1.74 bits per heavy atom. The Morgan fingerprint density at radius 3 is 2.26 bits per heavy atom.